The van der Waals surface area contributed by atoms with Crippen LogP contribution in [0.4, 0.5) is 5.69 Å². The van der Waals surface area contributed by atoms with E-state index in [4.69, 9.17) is 4.42 Å². The Balaban J connectivity index is 1.67. The molecule has 24 heavy (non-hydrogen) atoms. The number of carbonyl (C=O) groups excluding carboxylic acids is 1. The highest BCUT2D eigenvalue weighted by Gasteiger charge is 2.11. The van der Waals surface area contributed by atoms with E-state index in [9.17, 15) is 4.79 Å². The predicted octanol–water partition coefficient (Wildman–Crippen LogP) is 4.03. The molecule has 0 spiro atoms. The Morgan fingerprint density at radius 1 is 1.17 bits per heavy atom. The second kappa shape index (κ2) is 6.88. The fraction of sp³-hybridized carbons (Fsp3) is 0.111. The lowest BCUT2D eigenvalue weighted by molar-refractivity contribution is 0.0929. The summed E-state index contributed by atoms with van der Waals surface area (Å²) in [6, 6.07) is 15.1. The first-order chi connectivity index (χ1) is 11.5. The summed E-state index contributed by atoms with van der Waals surface area (Å²) in [5.74, 6) is -0.160. The van der Waals surface area contributed by atoms with Gasteiger partial charge in [0.05, 0.1) is 6.21 Å². The van der Waals surface area contributed by atoms with E-state index in [-0.39, 0.29) is 11.7 Å². The maximum absolute atomic E-state index is 12.1. The van der Waals surface area contributed by atoms with Crippen LogP contribution in [-0.4, -0.2) is 26.2 Å². The summed E-state index contributed by atoms with van der Waals surface area (Å²) in [7, 11) is 3.96. The van der Waals surface area contributed by atoms with Crippen molar-refractivity contribution >= 4 is 44.7 Å². The maximum atomic E-state index is 12.1. The van der Waals surface area contributed by atoms with Gasteiger partial charge in [0.2, 0.25) is 0 Å². The summed E-state index contributed by atoms with van der Waals surface area (Å²) in [6.07, 6.45) is 1.59. The number of nitrogens with one attached hydrogen (secondary N) is 1. The summed E-state index contributed by atoms with van der Waals surface area (Å²) >= 11 is 3.39. The Morgan fingerprint density at radius 2 is 1.92 bits per heavy atom. The number of amides is 1. The van der Waals surface area contributed by atoms with Crippen LogP contribution < -0.4 is 10.3 Å². The Hall–Kier alpha value is -2.60. The highest BCUT2D eigenvalue weighted by molar-refractivity contribution is 9.10. The van der Waals surface area contributed by atoms with Crippen LogP contribution in [0, 0.1) is 0 Å². The van der Waals surface area contributed by atoms with E-state index in [1.807, 2.05) is 61.5 Å². The molecule has 1 amide bonds. The zero-order valence-corrected chi connectivity index (χ0v) is 14.9. The van der Waals surface area contributed by atoms with Crippen molar-refractivity contribution in [2.24, 2.45) is 5.10 Å². The molecular weight excluding hydrogens is 370 g/mol. The molecule has 0 aliphatic rings. The first kappa shape index (κ1) is 16.3. The van der Waals surface area contributed by atoms with Gasteiger partial charge in [-0.1, -0.05) is 28.1 Å². The van der Waals surface area contributed by atoms with Gasteiger partial charge in [0.1, 0.15) is 5.58 Å². The Labute approximate surface area is 148 Å². The van der Waals surface area contributed by atoms with E-state index >= 15 is 0 Å². The molecule has 0 atom stereocenters. The number of fused-ring (bicyclic) bond motifs is 1. The number of hydrogen-bond acceptors (Lipinski definition) is 4. The number of rotatable bonds is 4. The highest BCUT2D eigenvalue weighted by Crippen LogP contribution is 2.23. The third-order valence-electron chi connectivity index (χ3n) is 3.49. The molecule has 0 saturated heterocycles. The van der Waals surface area contributed by atoms with Crippen molar-refractivity contribution in [1.82, 2.24) is 5.43 Å². The van der Waals surface area contributed by atoms with Gasteiger partial charge in [-0.05, 0) is 42.0 Å². The average molecular weight is 386 g/mol. The molecule has 0 bridgehead atoms. The number of hydrogen-bond donors (Lipinski definition) is 1. The van der Waals surface area contributed by atoms with Gasteiger partial charge in [-0.3, -0.25) is 4.79 Å². The summed E-state index contributed by atoms with van der Waals surface area (Å²) in [5.41, 5.74) is 5.13. The minimum absolute atomic E-state index is 0.225. The molecule has 3 aromatic rings. The van der Waals surface area contributed by atoms with E-state index in [0.29, 0.717) is 5.58 Å². The average Bonchev–Trinajstić information content (AvgIpc) is 2.98. The molecule has 6 heteroatoms. The second-order valence-electron chi connectivity index (χ2n) is 5.48. The Kier molecular flexibility index (Phi) is 4.66. The third-order valence-corrected chi connectivity index (χ3v) is 3.98. The predicted molar refractivity (Wildman–Crippen MR) is 99.7 cm³/mol. The van der Waals surface area contributed by atoms with Gasteiger partial charge in [-0.2, -0.15) is 5.10 Å². The minimum Gasteiger partial charge on any atom is -0.451 e. The normalized spacial score (nSPS) is 11.1. The number of carbonyl (C=O) groups is 1. The third kappa shape index (κ3) is 3.65. The standard InChI is InChI=1S/C18H16BrN3O2/c1-22(2)15-6-3-12(4-7-15)11-20-21-18(23)17-10-13-9-14(19)5-8-16(13)24-17/h3-11H,1-2H3,(H,21,23). The fourth-order valence-electron chi connectivity index (χ4n) is 2.21. The highest BCUT2D eigenvalue weighted by atomic mass is 79.9. The molecular formula is C18H16BrN3O2. The van der Waals surface area contributed by atoms with Crippen LogP contribution in [0.15, 0.2) is 62.5 Å². The van der Waals surface area contributed by atoms with Crippen molar-refractivity contribution in [3.63, 3.8) is 0 Å². The number of anilines is 1. The van der Waals surface area contributed by atoms with Crippen LogP contribution >= 0.6 is 15.9 Å². The molecule has 1 aromatic heterocycles. The molecule has 0 aliphatic carbocycles. The smallest absolute Gasteiger partial charge is 0.307 e. The molecule has 122 valence electrons. The Morgan fingerprint density at radius 3 is 2.62 bits per heavy atom. The van der Waals surface area contributed by atoms with Gasteiger partial charge >= 0.3 is 5.91 Å². The van der Waals surface area contributed by atoms with Gasteiger partial charge in [-0.25, -0.2) is 5.43 Å². The van der Waals surface area contributed by atoms with Gasteiger partial charge < -0.3 is 9.32 Å². The topological polar surface area (TPSA) is 57.8 Å². The van der Waals surface area contributed by atoms with Crippen molar-refractivity contribution in [1.29, 1.82) is 0 Å². The largest absolute Gasteiger partial charge is 0.451 e. The van der Waals surface area contributed by atoms with Gasteiger partial charge in [0.25, 0.3) is 0 Å². The van der Waals surface area contributed by atoms with E-state index in [1.54, 1.807) is 12.3 Å². The van der Waals surface area contributed by atoms with Crippen LogP contribution in [0.2, 0.25) is 0 Å². The number of hydrazone groups is 1. The zero-order chi connectivity index (χ0) is 17.1. The lowest BCUT2D eigenvalue weighted by Crippen LogP contribution is -2.16. The number of furan rings is 1. The lowest BCUT2D eigenvalue weighted by Gasteiger charge is -2.11. The van der Waals surface area contributed by atoms with E-state index in [2.05, 4.69) is 26.5 Å². The van der Waals surface area contributed by atoms with Crippen LogP contribution in [0.25, 0.3) is 11.0 Å². The van der Waals surface area contributed by atoms with Gasteiger partial charge in [0, 0.05) is 29.6 Å². The second-order valence-corrected chi connectivity index (χ2v) is 6.39. The molecule has 0 unspecified atom stereocenters. The Bertz CT molecular complexity index is 898. The van der Waals surface area contributed by atoms with Crippen LogP contribution in [-0.2, 0) is 0 Å². The SMILES string of the molecule is CN(C)c1ccc(C=NNC(=O)c2cc3cc(Br)ccc3o2)cc1. The number of nitrogens with zero attached hydrogens (tertiary/aromatic N) is 2. The van der Waals surface area contributed by atoms with Crippen molar-refractivity contribution in [2.75, 3.05) is 19.0 Å². The monoisotopic (exact) mass is 385 g/mol. The van der Waals surface area contributed by atoms with E-state index < -0.39 is 0 Å². The summed E-state index contributed by atoms with van der Waals surface area (Å²) in [6.45, 7) is 0. The lowest BCUT2D eigenvalue weighted by atomic mass is 10.2. The molecule has 0 fully saturated rings. The van der Waals surface area contributed by atoms with Gasteiger partial charge in [-0.15, -0.1) is 0 Å². The van der Waals surface area contributed by atoms with Crippen LogP contribution in [0.3, 0.4) is 0 Å². The molecule has 1 N–H and O–H groups in total. The molecule has 1 heterocycles. The fourth-order valence-corrected chi connectivity index (χ4v) is 2.58. The van der Waals surface area contributed by atoms with Crippen LogP contribution in [0.5, 0.6) is 0 Å². The van der Waals surface area contributed by atoms with Crippen LogP contribution in [0.1, 0.15) is 16.1 Å². The van der Waals surface area contributed by atoms with Crippen molar-refractivity contribution in [3.8, 4) is 0 Å². The van der Waals surface area contributed by atoms with Crippen molar-refractivity contribution < 1.29 is 9.21 Å². The first-order valence-electron chi connectivity index (χ1n) is 7.33. The minimum atomic E-state index is -0.386. The maximum Gasteiger partial charge on any atom is 0.307 e. The molecule has 5 nitrogen and oxygen atoms in total. The first-order valence-corrected chi connectivity index (χ1v) is 8.12. The summed E-state index contributed by atoms with van der Waals surface area (Å²) in [4.78, 5) is 14.1. The van der Waals surface area contributed by atoms with Gasteiger partial charge in [0.15, 0.2) is 5.76 Å². The molecule has 0 radical (unpaired) electrons. The van der Waals surface area contributed by atoms with E-state index in [0.717, 1.165) is 21.1 Å². The number of halogens is 1. The quantitative estimate of drug-likeness (QED) is 0.544. The molecule has 2 aromatic carbocycles. The molecule has 0 saturated carbocycles. The molecule has 0 aliphatic heterocycles. The number of benzene rings is 2. The van der Waals surface area contributed by atoms with E-state index in [1.165, 1.54) is 0 Å². The summed E-state index contributed by atoms with van der Waals surface area (Å²) in [5, 5.41) is 4.83. The molecule has 3 rings (SSSR count). The summed E-state index contributed by atoms with van der Waals surface area (Å²) < 4.78 is 6.45. The van der Waals surface area contributed by atoms with Crippen molar-refractivity contribution in [3.05, 3.63) is 64.3 Å². The zero-order valence-electron chi connectivity index (χ0n) is 13.3. The van der Waals surface area contributed by atoms with Crippen molar-refractivity contribution in [2.45, 2.75) is 0 Å².